The average Bonchev–Trinajstić information content (AvgIpc) is 3.02. The maximum Gasteiger partial charge on any atom is 0.292 e. The number of nitro benzene ring substituents is 1. The molecule has 0 saturated carbocycles. The quantitative estimate of drug-likeness (QED) is 0.530. The Bertz CT molecular complexity index is 772. The number of hydrogen-bond acceptors (Lipinski definition) is 5. The second-order valence-corrected chi connectivity index (χ2v) is 6.50. The van der Waals surface area contributed by atoms with Gasteiger partial charge in [0.2, 0.25) is 0 Å². The van der Waals surface area contributed by atoms with Crippen LogP contribution in [0.4, 0.5) is 11.4 Å². The number of fused-ring (bicyclic) bond motifs is 1. The molecule has 0 spiro atoms. The number of hydrogen-bond donors (Lipinski definition) is 1. The van der Waals surface area contributed by atoms with Gasteiger partial charge in [-0.05, 0) is 42.0 Å². The standard InChI is InChI=1S/C16H17N3O3S/c1-2-13-11-6-8-23-15(11)5-7-18(13)16(20)10-3-4-12(17)14(9-10)19(21)22/h3-4,6,8-9,13H,2,5,7,17H2,1H3. The summed E-state index contributed by atoms with van der Waals surface area (Å²) in [5.74, 6) is -0.184. The predicted octanol–water partition coefficient (Wildman–Crippen LogP) is 3.39. The summed E-state index contributed by atoms with van der Waals surface area (Å²) in [4.78, 5) is 26.5. The smallest absolute Gasteiger partial charge is 0.292 e. The number of carbonyl (C=O) groups excluding carboxylic acids is 1. The van der Waals surface area contributed by atoms with Crippen LogP contribution >= 0.6 is 11.3 Å². The molecule has 0 bridgehead atoms. The third kappa shape index (κ3) is 2.68. The second kappa shape index (κ2) is 6.00. The van der Waals surface area contributed by atoms with Gasteiger partial charge < -0.3 is 10.6 Å². The van der Waals surface area contributed by atoms with Gasteiger partial charge in [-0.3, -0.25) is 14.9 Å². The van der Waals surface area contributed by atoms with Crippen LogP contribution in [-0.4, -0.2) is 22.3 Å². The van der Waals surface area contributed by atoms with Crippen molar-refractivity contribution < 1.29 is 9.72 Å². The zero-order valence-electron chi connectivity index (χ0n) is 12.7. The Kier molecular flexibility index (Phi) is 4.04. The lowest BCUT2D eigenvalue weighted by atomic mass is 9.96. The van der Waals surface area contributed by atoms with Crippen molar-refractivity contribution in [2.24, 2.45) is 0 Å². The molecule has 0 fully saturated rings. The average molecular weight is 331 g/mol. The highest BCUT2D eigenvalue weighted by Gasteiger charge is 2.31. The van der Waals surface area contributed by atoms with Crippen LogP contribution in [-0.2, 0) is 6.42 Å². The molecule has 1 aromatic heterocycles. The van der Waals surface area contributed by atoms with E-state index in [1.165, 1.54) is 22.6 Å². The summed E-state index contributed by atoms with van der Waals surface area (Å²) in [5, 5.41) is 13.1. The summed E-state index contributed by atoms with van der Waals surface area (Å²) in [6.45, 7) is 2.67. The molecule has 2 aromatic rings. The number of anilines is 1. The van der Waals surface area contributed by atoms with Crippen molar-refractivity contribution in [2.75, 3.05) is 12.3 Å². The van der Waals surface area contributed by atoms with Crippen LogP contribution in [0.25, 0.3) is 0 Å². The Balaban J connectivity index is 1.94. The van der Waals surface area contributed by atoms with Gasteiger partial charge in [-0.25, -0.2) is 0 Å². The molecule has 2 heterocycles. The van der Waals surface area contributed by atoms with E-state index >= 15 is 0 Å². The van der Waals surface area contributed by atoms with Gasteiger partial charge >= 0.3 is 0 Å². The molecule has 7 heteroatoms. The highest BCUT2D eigenvalue weighted by Crippen LogP contribution is 2.36. The van der Waals surface area contributed by atoms with Crippen molar-refractivity contribution in [3.63, 3.8) is 0 Å². The lowest BCUT2D eigenvalue weighted by molar-refractivity contribution is -0.383. The molecule has 1 atom stereocenters. The van der Waals surface area contributed by atoms with Gasteiger partial charge in [0.1, 0.15) is 5.69 Å². The highest BCUT2D eigenvalue weighted by molar-refractivity contribution is 7.10. The van der Waals surface area contributed by atoms with Crippen LogP contribution in [0.1, 0.15) is 40.2 Å². The van der Waals surface area contributed by atoms with Crippen molar-refractivity contribution in [1.29, 1.82) is 0 Å². The Morgan fingerprint density at radius 1 is 1.48 bits per heavy atom. The third-order valence-electron chi connectivity index (χ3n) is 4.22. The first-order valence-corrected chi connectivity index (χ1v) is 8.32. The summed E-state index contributed by atoms with van der Waals surface area (Å²) in [6.07, 6.45) is 1.64. The van der Waals surface area contributed by atoms with E-state index in [0.717, 1.165) is 12.8 Å². The number of thiophene rings is 1. The van der Waals surface area contributed by atoms with Gasteiger partial charge in [0, 0.05) is 23.1 Å². The van der Waals surface area contributed by atoms with Gasteiger partial charge in [-0.1, -0.05) is 6.92 Å². The number of rotatable bonds is 3. The first kappa shape index (κ1) is 15.5. The third-order valence-corrected chi connectivity index (χ3v) is 5.21. The molecule has 0 saturated heterocycles. The molecule has 6 nitrogen and oxygen atoms in total. The molecule has 1 aliphatic rings. The molecule has 23 heavy (non-hydrogen) atoms. The van der Waals surface area contributed by atoms with Crippen LogP contribution in [0, 0.1) is 10.1 Å². The zero-order chi connectivity index (χ0) is 16.6. The lowest BCUT2D eigenvalue weighted by Crippen LogP contribution is -2.39. The molecule has 3 rings (SSSR count). The van der Waals surface area contributed by atoms with Crippen LogP contribution in [0.2, 0.25) is 0 Å². The van der Waals surface area contributed by atoms with E-state index in [1.54, 1.807) is 17.4 Å². The van der Waals surface area contributed by atoms with Crippen molar-refractivity contribution in [3.8, 4) is 0 Å². The van der Waals surface area contributed by atoms with Crippen LogP contribution in [0.5, 0.6) is 0 Å². The van der Waals surface area contributed by atoms with Crippen LogP contribution < -0.4 is 5.73 Å². The molecule has 1 aliphatic heterocycles. The molecule has 120 valence electrons. The molecular formula is C16H17N3O3S. The fraction of sp³-hybridized carbons (Fsp3) is 0.312. The molecule has 1 amide bonds. The van der Waals surface area contributed by atoms with Gasteiger partial charge in [-0.15, -0.1) is 11.3 Å². The molecule has 1 aromatic carbocycles. The highest BCUT2D eigenvalue weighted by atomic mass is 32.1. The number of amides is 1. The minimum Gasteiger partial charge on any atom is -0.393 e. The minimum atomic E-state index is -0.559. The number of carbonyl (C=O) groups is 1. The Hall–Kier alpha value is -2.41. The normalized spacial score (nSPS) is 16.9. The topological polar surface area (TPSA) is 89.5 Å². The maximum absolute atomic E-state index is 12.9. The van der Waals surface area contributed by atoms with E-state index in [0.29, 0.717) is 12.1 Å². The fourth-order valence-corrected chi connectivity index (χ4v) is 4.01. The van der Waals surface area contributed by atoms with Crippen molar-refractivity contribution in [2.45, 2.75) is 25.8 Å². The summed E-state index contributed by atoms with van der Waals surface area (Å²) >= 11 is 1.72. The zero-order valence-corrected chi connectivity index (χ0v) is 13.5. The van der Waals surface area contributed by atoms with E-state index in [2.05, 4.69) is 11.4 Å². The van der Waals surface area contributed by atoms with Crippen LogP contribution in [0.15, 0.2) is 29.6 Å². The number of nitrogens with zero attached hydrogens (tertiary/aromatic N) is 2. The molecule has 1 unspecified atom stereocenters. The van der Waals surface area contributed by atoms with E-state index < -0.39 is 4.92 Å². The summed E-state index contributed by atoms with van der Waals surface area (Å²) in [5.41, 5.74) is 6.95. The molecule has 2 N–H and O–H groups in total. The van der Waals surface area contributed by atoms with Gasteiger partial charge in [0.25, 0.3) is 11.6 Å². The van der Waals surface area contributed by atoms with E-state index in [4.69, 9.17) is 5.73 Å². The van der Waals surface area contributed by atoms with Crippen molar-refractivity contribution in [1.82, 2.24) is 4.90 Å². The van der Waals surface area contributed by atoms with Gasteiger partial charge in [-0.2, -0.15) is 0 Å². The number of nitrogen functional groups attached to an aromatic ring is 1. The van der Waals surface area contributed by atoms with Gasteiger partial charge in [0.15, 0.2) is 0 Å². The van der Waals surface area contributed by atoms with Crippen molar-refractivity contribution >= 4 is 28.6 Å². The minimum absolute atomic E-state index is 0.0223. The Labute approximate surface area is 137 Å². The van der Waals surface area contributed by atoms with E-state index in [9.17, 15) is 14.9 Å². The first-order valence-electron chi connectivity index (χ1n) is 7.44. The van der Waals surface area contributed by atoms with Crippen molar-refractivity contribution in [3.05, 3.63) is 55.8 Å². The first-order chi connectivity index (χ1) is 11.0. The Morgan fingerprint density at radius 3 is 2.96 bits per heavy atom. The number of nitro groups is 1. The number of nitrogens with two attached hydrogens (primary N) is 1. The second-order valence-electron chi connectivity index (χ2n) is 5.50. The van der Waals surface area contributed by atoms with E-state index in [1.807, 2.05) is 11.8 Å². The SMILES string of the molecule is CCC1c2ccsc2CCN1C(=O)c1ccc(N)c([N+](=O)[O-])c1. The summed E-state index contributed by atoms with van der Waals surface area (Å²) < 4.78 is 0. The molecule has 0 aliphatic carbocycles. The predicted molar refractivity (Wildman–Crippen MR) is 89.6 cm³/mol. The van der Waals surface area contributed by atoms with E-state index in [-0.39, 0.29) is 23.3 Å². The maximum atomic E-state index is 12.9. The fourth-order valence-electron chi connectivity index (χ4n) is 3.08. The summed E-state index contributed by atoms with van der Waals surface area (Å²) in [6, 6.07) is 6.34. The largest absolute Gasteiger partial charge is 0.393 e. The number of benzene rings is 1. The molecule has 0 radical (unpaired) electrons. The molecular weight excluding hydrogens is 314 g/mol. The lowest BCUT2D eigenvalue weighted by Gasteiger charge is -2.35. The van der Waals surface area contributed by atoms with Crippen LogP contribution in [0.3, 0.4) is 0 Å². The monoisotopic (exact) mass is 331 g/mol. The van der Waals surface area contributed by atoms with Gasteiger partial charge in [0.05, 0.1) is 11.0 Å². The Morgan fingerprint density at radius 2 is 2.26 bits per heavy atom. The summed E-state index contributed by atoms with van der Waals surface area (Å²) in [7, 11) is 0.